The Labute approximate surface area is 252 Å². The van der Waals surface area contributed by atoms with Gasteiger partial charge in [0.25, 0.3) is 0 Å². The topological polar surface area (TPSA) is 149 Å². The summed E-state index contributed by atoms with van der Waals surface area (Å²) < 4.78 is 40.2. The maximum absolute atomic E-state index is 13.4. The van der Waals surface area contributed by atoms with Gasteiger partial charge >= 0.3 is 0 Å². The summed E-state index contributed by atoms with van der Waals surface area (Å²) >= 11 is 0. The molecule has 2 atom stereocenters. The van der Waals surface area contributed by atoms with Gasteiger partial charge in [0.1, 0.15) is 0 Å². The van der Waals surface area contributed by atoms with Crippen molar-refractivity contribution in [2.75, 3.05) is 44.7 Å². The summed E-state index contributed by atoms with van der Waals surface area (Å²) in [6.45, 7) is 1.99. The fraction of sp³-hybridized carbons (Fsp3) is 0.516. The molecule has 43 heavy (non-hydrogen) atoms. The first-order valence-corrected chi connectivity index (χ1v) is 16.4. The first kappa shape index (κ1) is 32.1. The van der Waals surface area contributed by atoms with Crippen LogP contribution >= 0.6 is 0 Å². The van der Waals surface area contributed by atoms with Gasteiger partial charge in [-0.15, -0.1) is 0 Å². The quantitative estimate of drug-likeness (QED) is 0.306. The van der Waals surface area contributed by atoms with Crippen LogP contribution in [0.5, 0.6) is 17.2 Å². The summed E-state index contributed by atoms with van der Waals surface area (Å²) in [5, 5.41) is 9.05. The Balaban J connectivity index is 1.50. The highest BCUT2D eigenvalue weighted by molar-refractivity contribution is 7.91. The van der Waals surface area contributed by atoms with Crippen molar-refractivity contribution in [1.29, 1.82) is 0 Å². The van der Waals surface area contributed by atoms with Gasteiger partial charge in [0.2, 0.25) is 23.0 Å². The number of ether oxygens (including phenoxy) is 3. The van der Waals surface area contributed by atoms with E-state index >= 15 is 0 Å². The second-order valence-corrected chi connectivity index (χ2v) is 13.2. The Kier molecular flexibility index (Phi) is 10.5. The predicted octanol–water partition coefficient (Wildman–Crippen LogP) is 3.14. The fourth-order valence-corrected chi connectivity index (χ4v) is 7.55. The molecule has 234 valence electrons. The molecule has 1 aliphatic heterocycles. The number of hydrogen-bond donors (Lipinski definition) is 3. The number of fused-ring (bicyclic) bond motifs is 3. The lowest BCUT2D eigenvalue weighted by Crippen LogP contribution is -2.35. The van der Waals surface area contributed by atoms with Gasteiger partial charge in [0.05, 0.1) is 44.6 Å². The van der Waals surface area contributed by atoms with Crippen molar-refractivity contribution in [1.82, 2.24) is 10.6 Å². The van der Waals surface area contributed by atoms with E-state index in [-0.39, 0.29) is 40.8 Å². The third kappa shape index (κ3) is 7.78. The summed E-state index contributed by atoms with van der Waals surface area (Å²) in [5.74, 6) is 1.30. The zero-order chi connectivity index (χ0) is 31.1. The van der Waals surface area contributed by atoms with Crippen LogP contribution in [0.2, 0.25) is 0 Å². The Morgan fingerprint density at radius 3 is 2.37 bits per heavy atom. The van der Waals surface area contributed by atoms with Crippen LogP contribution in [0.25, 0.3) is 11.1 Å². The number of hydrogen-bond acceptors (Lipinski definition) is 9. The molecule has 1 aliphatic carbocycles. The number of nitrogens with one attached hydrogen (secondary N) is 3. The van der Waals surface area contributed by atoms with Crippen LogP contribution in [0, 0.1) is 0 Å². The minimum atomic E-state index is -3.03. The summed E-state index contributed by atoms with van der Waals surface area (Å²) in [7, 11) is 1.64. The molecule has 2 aliphatic rings. The third-order valence-corrected chi connectivity index (χ3v) is 9.68. The van der Waals surface area contributed by atoms with Crippen LogP contribution in [-0.4, -0.2) is 65.7 Å². The molecule has 0 spiro atoms. The number of amides is 2. The zero-order valence-corrected chi connectivity index (χ0v) is 26.0. The largest absolute Gasteiger partial charge is 0.493 e. The van der Waals surface area contributed by atoms with Crippen molar-refractivity contribution in [3.05, 3.63) is 45.6 Å². The number of methoxy groups -OCH3 is 3. The van der Waals surface area contributed by atoms with Gasteiger partial charge in [0.15, 0.2) is 21.3 Å². The van der Waals surface area contributed by atoms with Crippen LogP contribution in [0.15, 0.2) is 29.1 Å². The van der Waals surface area contributed by atoms with Crippen LogP contribution < -0.4 is 35.6 Å². The van der Waals surface area contributed by atoms with E-state index in [0.29, 0.717) is 67.1 Å². The van der Waals surface area contributed by atoms with Crippen LogP contribution in [0.3, 0.4) is 0 Å². The molecule has 0 radical (unpaired) electrons. The average molecular weight is 616 g/mol. The molecule has 3 N–H and O–H groups in total. The van der Waals surface area contributed by atoms with Gasteiger partial charge < -0.3 is 30.2 Å². The van der Waals surface area contributed by atoms with Gasteiger partial charge in [-0.25, -0.2) is 8.42 Å². The van der Waals surface area contributed by atoms with E-state index in [1.54, 1.807) is 33.5 Å². The molecule has 0 unspecified atom stereocenters. The van der Waals surface area contributed by atoms with Gasteiger partial charge in [-0.1, -0.05) is 12.5 Å². The summed E-state index contributed by atoms with van der Waals surface area (Å²) in [6.07, 6.45) is 4.17. The first-order chi connectivity index (χ1) is 20.6. The van der Waals surface area contributed by atoms with Crippen molar-refractivity contribution >= 4 is 27.3 Å². The number of benzene rings is 1. The van der Waals surface area contributed by atoms with Gasteiger partial charge in [0, 0.05) is 31.5 Å². The molecule has 0 aromatic heterocycles. The van der Waals surface area contributed by atoms with Gasteiger partial charge in [-0.2, -0.15) is 0 Å². The molecule has 1 heterocycles. The predicted molar refractivity (Wildman–Crippen MR) is 165 cm³/mol. The molecule has 2 amide bonds. The second-order valence-electron chi connectivity index (χ2n) is 11.0. The Hall–Kier alpha value is -3.80. The van der Waals surface area contributed by atoms with E-state index in [9.17, 15) is 22.8 Å². The van der Waals surface area contributed by atoms with E-state index in [4.69, 9.17) is 14.2 Å². The molecule has 1 fully saturated rings. The van der Waals surface area contributed by atoms with Crippen molar-refractivity contribution in [2.24, 2.45) is 0 Å². The average Bonchev–Trinajstić information content (AvgIpc) is 3.13. The number of unbranched alkanes of at least 4 members (excludes halogenated alkanes) is 2. The second kappa shape index (κ2) is 14.1. The number of carbonyl (C=O) groups is 2. The highest BCUT2D eigenvalue weighted by atomic mass is 32.2. The number of rotatable bonds is 12. The molecule has 4 rings (SSSR count). The van der Waals surface area contributed by atoms with Crippen molar-refractivity contribution < 1.29 is 32.2 Å². The number of carbonyl (C=O) groups excluding carboxylic acids is 2. The Morgan fingerprint density at radius 1 is 0.953 bits per heavy atom. The number of anilines is 1. The summed E-state index contributed by atoms with van der Waals surface area (Å²) in [5.41, 5.74) is 3.42. The van der Waals surface area contributed by atoms with E-state index in [0.717, 1.165) is 29.5 Å². The van der Waals surface area contributed by atoms with Gasteiger partial charge in [-0.05, 0) is 67.0 Å². The SMILES string of the molecule is COc1cc2c(c(OC)c1OC)-c1ccc(NCCCCCC(=O)N[C@H]3CCS(=O)(=O)C3)c(=O)cc1[C@@H](NC(C)=O)CC2. The first-order valence-electron chi connectivity index (χ1n) is 14.6. The lowest BCUT2D eigenvalue weighted by Gasteiger charge is -2.19. The Morgan fingerprint density at radius 2 is 1.72 bits per heavy atom. The number of aryl methyl sites for hydroxylation is 1. The van der Waals surface area contributed by atoms with E-state index < -0.39 is 9.84 Å². The van der Waals surface area contributed by atoms with E-state index in [1.807, 2.05) is 12.1 Å². The molecule has 2 aromatic carbocycles. The highest BCUT2D eigenvalue weighted by Gasteiger charge is 2.30. The molecule has 0 bridgehead atoms. The fourth-order valence-electron chi connectivity index (χ4n) is 5.87. The normalized spacial score (nSPS) is 18.4. The molecular formula is C31H41N3O8S. The smallest absolute Gasteiger partial charge is 0.220 e. The molecule has 2 aromatic rings. The molecule has 12 heteroatoms. The zero-order valence-electron chi connectivity index (χ0n) is 25.2. The van der Waals surface area contributed by atoms with Crippen LogP contribution in [0.1, 0.15) is 62.6 Å². The van der Waals surface area contributed by atoms with Crippen molar-refractivity contribution in [3.63, 3.8) is 0 Å². The van der Waals surface area contributed by atoms with Crippen molar-refractivity contribution in [2.45, 2.75) is 64.0 Å². The maximum atomic E-state index is 13.4. The third-order valence-electron chi connectivity index (χ3n) is 7.91. The molecular weight excluding hydrogens is 574 g/mol. The number of sulfone groups is 1. The molecule has 11 nitrogen and oxygen atoms in total. The monoisotopic (exact) mass is 615 g/mol. The molecule has 1 saturated heterocycles. The van der Waals surface area contributed by atoms with E-state index in [1.165, 1.54) is 6.92 Å². The van der Waals surface area contributed by atoms with Crippen LogP contribution in [-0.2, 0) is 25.8 Å². The lowest BCUT2D eigenvalue weighted by molar-refractivity contribution is -0.122. The summed E-state index contributed by atoms with van der Waals surface area (Å²) in [4.78, 5) is 37.7. The lowest BCUT2D eigenvalue weighted by atomic mass is 9.95. The summed E-state index contributed by atoms with van der Waals surface area (Å²) in [6, 6.07) is 6.45. The van der Waals surface area contributed by atoms with Crippen LogP contribution in [0.4, 0.5) is 5.69 Å². The van der Waals surface area contributed by atoms with Crippen molar-refractivity contribution in [3.8, 4) is 28.4 Å². The highest BCUT2D eigenvalue weighted by Crippen LogP contribution is 2.50. The minimum Gasteiger partial charge on any atom is -0.493 e. The molecule has 0 saturated carbocycles. The maximum Gasteiger partial charge on any atom is 0.220 e. The standard InChI is InChI=1S/C31H41N3O8S/c1-19(35)33-24-11-9-20-16-27(40-2)30(41-3)31(42-4)29(20)22-10-12-25(26(36)17-23(22)24)32-14-7-5-6-8-28(37)34-21-13-15-43(38,39)18-21/h10,12,16-17,21,24H,5-9,11,13-15,18H2,1-4H3,(H,32,36)(H,33,35)(H,34,37)/t21-,24-/m0/s1. The van der Waals surface area contributed by atoms with E-state index in [2.05, 4.69) is 16.0 Å². The minimum absolute atomic E-state index is 0.0176. The van der Waals surface area contributed by atoms with Gasteiger partial charge in [-0.3, -0.25) is 14.4 Å². The Bertz CT molecular complexity index is 1530.